The number of carboxylic acid groups (broad SMARTS) is 1. The third-order valence-corrected chi connectivity index (χ3v) is 14.0. The molecular weight excluding hydrogens is 950 g/mol. The van der Waals surface area contributed by atoms with E-state index in [4.69, 9.17) is 36.5 Å². The molecule has 3 atom stereocenters. The lowest BCUT2D eigenvalue weighted by Gasteiger charge is -2.27. The molecule has 22 heteroatoms. The minimum Gasteiger partial charge on any atom is -0.481 e. The Morgan fingerprint density at radius 1 is 0.589 bits per heavy atom. The fourth-order valence-corrected chi connectivity index (χ4v) is 10.4. The number of carbonyl (C=O) groups excluding carboxylic acids is 2. The predicted molar refractivity (Wildman–Crippen MR) is 266 cm³/mol. The molecule has 0 fully saturated rings. The van der Waals surface area contributed by atoms with Crippen molar-refractivity contribution in [3.63, 3.8) is 0 Å². The smallest absolute Gasteiger partial charge is 0.311 e. The van der Waals surface area contributed by atoms with Crippen LogP contribution in [0.5, 0.6) is 0 Å². The summed E-state index contributed by atoms with van der Waals surface area (Å²) < 4.78 is 59.4. The molecule has 19 nitrogen and oxygen atoms in total. The Hall–Kier alpha value is -7.43. The Balaban J connectivity index is 0.000000126. The summed E-state index contributed by atoms with van der Waals surface area (Å²) in [5.41, 5.74) is 29.9. The molecule has 0 radical (unpaired) electrons. The molecule has 0 spiro atoms. The zero-order valence-corrected chi connectivity index (χ0v) is 40.8. The van der Waals surface area contributed by atoms with E-state index in [-0.39, 0.29) is 29.3 Å². The fraction of sp³-hybridized carbons (Fsp3) is 0.412. The lowest BCUT2D eigenvalue weighted by molar-refractivity contribution is -0.139. The third kappa shape index (κ3) is 10.3. The first-order valence-corrected chi connectivity index (χ1v) is 24.3. The molecule has 11 N–H and O–H groups in total. The molecule has 0 amide bonds. The van der Waals surface area contributed by atoms with Crippen LogP contribution in [0, 0.1) is 38.2 Å². The number of nitrogens with one attached hydrogen (secondary N) is 4. The van der Waals surface area contributed by atoms with Crippen LogP contribution in [-0.2, 0) is 58.1 Å². The predicted octanol–water partition coefficient (Wildman–Crippen LogP) is 6.63. The first-order valence-electron chi connectivity index (χ1n) is 24.3. The number of nitrogens with zero attached hydrogens (tertiary/aromatic N) is 5. The summed E-state index contributed by atoms with van der Waals surface area (Å²) in [4.78, 5) is 37.1. The molecule has 6 aromatic rings. The largest absolute Gasteiger partial charge is 0.481 e. The van der Waals surface area contributed by atoms with Crippen molar-refractivity contribution in [3.05, 3.63) is 121 Å². The van der Waals surface area contributed by atoms with E-state index < -0.39 is 23.7 Å². The van der Waals surface area contributed by atoms with Crippen LogP contribution in [0.25, 0.3) is 0 Å². The van der Waals surface area contributed by atoms with E-state index in [1.807, 2.05) is 13.8 Å². The second-order valence-electron chi connectivity index (χ2n) is 18.8. The van der Waals surface area contributed by atoms with E-state index in [0.29, 0.717) is 119 Å². The van der Waals surface area contributed by atoms with Crippen LogP contribution in [-0.4, -0.2) is 92.1 Å². The number of nitrogens with two attached hydrogens (primary N) is 3. The molecule has 0 saturated carbocycles. The van der Waals surface area contributed by atoms with Crippen LogP contribution in [0.4, 0.5) is 47.7 Å². The molecule has 0 bridgehead atoms. The van der Waals surface area contributed by atoms with Crippen molar-refractivity contribution in [1.82, 2.24) is 29.8 Å². The quantitative estimate of drug-likeness (QED) is 0.0923. The maximum Gasteiger partial charge on any atom is 0.311 e. The normalized spacial score (nSPS) is 19.0. The van der Waals surface area contributed by atoms with Crippen LogP contribution in [0.1, 0.15) is 114 Å². The van der Waals surface area contributed by atoms with Crippen molar-refractivity contribution in [1.29, 1.82) is 0 Å². The highest BCUT2D eigenvalue weighted by molar-refractivity contribution is 5.91. The summed E-state index contributed by atoms with van der Waals surface area (Å²) in [6.45, 7) is 10.7. The van der Waals surface area contributed by atoms with Crippen molar-refractivity contribution < 1.29 is 46.9 Å². The SMILES string of the molecule is Cc1cc(F)cc2c1NCCC2C(=O)O.Cc1cc(F)cc2c1NCC[C@@H]2C(=O)n1nc2c(c1N)CCOC2.Cc1cc(F)cc2c1NCC[C@H]2C(=O)n1nc2c(c1N)CCOC2.Nc1n[nH]c2c1CCOC2. The average molecular weight is 1010 g/mol. The van der Waals surface area contributed by atoms with E-state index in [1.165, 1.54) is 45.8 Å². The van der Waals surface area contributed by atoms with Gasteiger partial charge in [0, 0.05) is 72.6 Å². The first-order chi connectivity index (χ1) is 35.1. The Morgan fingerprint density at radius 3 is 1.37 bits per heavy atom. The van der Waals surface area contributed by atoms with Gasteiger partial charge < -0.3 is 52.5 Å². The van der Waals surface area contributed by atoms with Gasteiger partial charge in [0.15, 0.2) is 0 Å². The Kier molecular flexibility index (Phi) is 14.8. The molecular formula is C51H59F3N12O7. The molecule has 1 unspecified atom stereocenters. The van der Waals surface area contributed by atoms with Gasteiger partial charge in [-0.1, -0.05) is 0 Å². The summed E-state index contributed by atoms with van der Waals surface area (Å²) in [5.74, 6) is -2.48. The van der Waals surface area contributed by atoms with Gasteiger partial charge in [-0.3, -0.25) is 19.5 Å². The number of aromatic nitrogens is 6. The number of aliphatic carboxylic acids is 1. The summed E-state index contributed by atoms with van der Waals surface area (Å²) >= 11 is 0. The van der Waals surface area contributed by atoms with Gasteiger partial charge in [0.1, 0.15) is 34.9 Å². The molecule has 0 aliphatic carbocycles. The first kappa shape index (κ1) is 50.5. The number of carboxylic acids is 1. The lowest BCUT2D eigenvalue weighted by Crippen LogP contribution is -2.29. The average Bonchev–Trinajstić information content (AvgIpc) is 4.05. The van der Waals surface area contributed by atoms with Crippen molar-refractivity contribution in [2.45, 2.75) is 96.9 Å². The van der Waals surface area contributed by atoms with Crippen molar-refractivity contribution in [2.24, 2.45) is 0 Å². The monoisotopic (exact) mass is 1010 g/mol. The van der Waals surface area contributed by atoms with Gasteiger partial charge in [-0.2, -0.15) is 24.7 Å². The van der Waals surface area contributed by atoms with Crippen LogP contribution in [0.15, 0.2) is 36.4 Å². The molecule has 386 valence electrons. The molecule has 6 aliphatic heterocycles. The van der Waals surface area contributed by atoms with Crippen LogP contribution in [0.2, 0.25) is 0 Å². The van der Waals surface area contributed by atoms with Gasteiger partial charge in [0.05, 0.1) is 74.5 Å². The zero-order valence-electron chi connectivity index (χ0n) is 40.8. The number of carbonyl (C=O) groups is 3. The van der Waals surface area contributed by atoms with Gasteiger partial charge in [0.2, 0.25) is 0 Å². The minimum absolute atomic E-state index is 0.213. The van der Waals surface area contributed by atoms with Crippen LogP contribution < -0.4 is 33.2 Å². The number of aryl methyl sites for hydroxylation is 3. The highest BCUT2D eigenvalue weighted by Crippen LogP contribution is 2.39. The van der Waals surface area contributed by atoms with E-state index >= 15 is 0 Å². The number of H-pyrrole nitrogens is 1. The second-order valence-corrected chi connectivity index (χ2v) is 18.8. The van der Waals surface area contributed by atoms with Crippen molar-refractivity contribution >= 4 is 52.3 Å². The zero-order chi connectivity index (χ0) is 51.7. The molecule has 3 aromatic heterocycles. The number of fused-ring (bicyclic) bond motifs is 6. The standard InChI is InChI=1S/2C17H19FN4O2.C11H12FNO2.C6H9N3O/c2*1-9-6-10(18)7-13-11(2-4-20-15(9)13)17(23)22-16(19)12-3-5-24-8-14(12)21-22;1-6-4-7(12)5-9-8(11(14)15)2-3-13-10(6)9;7-6-4-1-2-10-3-5(4)8-9-6/h2*6-7,11,20H,2-5,8,19H2,1H3;4-5,8,13H,2-3H2,1H3,(H,14,15);1-3H2,(H3,7,8,9)/t2*11-;;/m10../s1. The Morgan fingerprint density at radius 2 is 0.973 bits per heavy atom. The van der Waals surface area contributed by atoms with E-state index in [1.54, 1.807) is 6.92 Å². The van der Waals surface area contributed by atoms with E-state index in [2.05, 4.69) is 36.3 Å². The van der Waals surface area contributed by atoms with Crippen molar-refractivity contribution in [2.75, 3.05) is 72.6 Å². The maximum atomic E-state index is 13.9. The summed E-state index contributed by atoms with van der Waals surface area (Å²) in [6, 6.07) is 8.52. The van der Waals surface area contributed by atoms with Gasteiger partial charge in [-0.15, -0.1) is 0 Å². The van der Waals surface area contributed by atoms with Gasteiger partial charge in [-0.05, 0) is 110 Å². The third-order valence-electron chi connectivity index (χ3n) is 14.0. The number of nitrogen functional groups attached to an aromatic ring is 3. The number of hydrogen-bond acceptors (Lipinski definition) is 15. The number of benzene rings is 3. The molecule has 12 rings (SSSR count). The molecule has 73 heavy (non-hydrogen) atoms. The highest BCUT2D eigenvalue weighted by atomic mass is 19.1. The molecule has 9 heterocycles. The Bertz CT molecular complexity index is 2960. The number of halogens is 3. The summed E-state index contributed by atoms with van der Waals surface area (Å²) in [5, 5.41) is 34.0. The summed E-state index contributed by atoms with van der Waals surface area (Å²) in [7, 11) is 0. The Labute approximate surface area is 418 Å². The minimum atomic E-state index is -0.886. The van der Waals surface area contributed by atoms with Gasteiger partial charge >= 0.3 is 5.97 Å². The van der Waals surface area contributed by atoms with Gasteiger partial charge in [0.25, 0.3) is 11.8 Å². The second kappa shape index (κ2) is 21.3. The number of ether oxygens (including phenoxy) is 3. The van der Waals surface area contributed by atoms with E-state index in [0.717, 1.165) is 80.6 Å². The fourth-order valence-electron chi connectivity index (χ4n) is 10.4. The van der Waals surface area contributed by atoms with Crippen molar-refractivity contribution in [3.8, 4) is 0 Å². The molecule has 6 aliphatic rings. The maximum absolute atomic E-state index is 13.9. The topological polar surface area (TPSA) is 278 Å². The van der Waals surface area contributed by atoms with E-state index in [9.17, 15) is 27.6 Å². The molecule has 3 aromatic carbocycles. The van der Waals surface area contributed by atoms with Gasteiger partial charge in [-0.25, -0.2) is 13.2 Å². The summed E-state index contributed by atoms with van der Waals surface area (Å²) in [6.07, 6.45) is 3.86. The number of rotatable bonds is 3. The number of hydrogen-bond donors (Lipinski definition) is 8. The highest BCUT2D eigenvalue weighted by Gasteiger charge is 2.35. The van der Waals surface area contributed by atoms with Crippen LogP contribution in [0.3, 0.4) is 0 Å². The lowest BCUT2D eigenvalue weighted by atomic mass is 9.88. The van der Waals surface area contributed by atoms with Crippen LogP contribution >= 0.6 is 0 Å². The molecule has 0 saturated heterocycles. The number of anilines is 6. The number of aromatic amines is 1.